The molecule has 1 aliphatic carbocycles. The first kappa shape index (κ1) is 16.5. The minimum Gasteiger partial charge on any atom is -0.378 e. The minimum atomic E-state index is -0.336. The topological polar surface area (TPSA) is 45.0 Å². The maximum atomic E-state index is 9.46. The van der Waals surface area contributed by atoms with Crippen LogP contribution in [-0.2, 0) is 4.74 Å². The molecular formula is C16H30N2O. The highest BCUT2D eigenvalue weighted by molar-refractivity contribution is 5.10. The summed E-state index contributed by atoms with van der Waals surface area (Å²) in [5.41, 5.74) is -0.336. The van der Waals surface area contributed by atoms with Gasteiger partial charge in [0.15, 0.2) is 0 Å². The van der Waals surface area contributed by atoms with Crippen LogP contribution in [0.15, 0.2) is 0 Å². The third kappa shape index (κ3) is 5.93. The van der Waals surface area contributed by atoms with E-state index in [0.717, 1.165) is 57.6 Å². The molecule has 1 N–H and O–H groups in total. The average molecular weight is 266 g/mol. The molecule has 3 heteroatoms. The van der Waals surface area contributed by atoms with Crippen molar-refractivity contribution in [3.8, 4) is 6.07 Å². The predicted octanol–water partition coefficient (Wildman–Crippen LogP) is 3.64. The van der Waals surface area contributed by atoms with Crippen molar-refractivity contribution < 1.29 is 4.74 Å². The number of nitriles is 1. The maximum absolute atomic E-state index is 9.46. The minimum absolute atomic E-state index is 0.268. The monoisotopic (exact) mass is 266 g/mol. The van der Waals surface area contributed by atoms with E-state index >= 15 is 0 Å². The van der Waals surface area contributed by atoms with Gasteiger partial charge in [-0.15, -0.1) is 0 Å². The Morgan fingerprint density at radius 2 is 2.26 bits per heavy atom. The summed E-state index contributed by atoms with van der Waals surface area (Å²) in [7, 11) is 0. The SMILES string of the molecule is CCCNC1(C#N)CCCC(OCCCC(C)C)C1. The van der Waals surface area contributed by atoms with Crippen LogP contribution >= 0.6 is 0 Å². The standard InChI is InChI=1S/C16H30N2O/c1-4-10-18-16(13-17)9-5-8-15(12-16)19-11-6-7-14(2)3/h14-15,18H,4-12H2,1-3H3. The van der Waals surface area contributed by atoms with E-state index in [-0.39, 0.29) is 11.6 Å². The summed E-state index contributed by atoms with van der Waals surface area (Å²) in [6.45, 7) is 8.40. The fraction of sp³-hybridized carbons (Fsp3) is 0.938. The summed E-state index contributed by atoms with van der Waals surface area (Å²) in [6.07, 6.45) is 7.73. The van der Waals surface area contributed by atoms with E-state index in [9.17, 15) is 5.26 Å². The van der Waals surface area contributed by atoms with E-state index in [4.69, 9.17) is 4.74 Å². The number of rotatable bonds is 8. The number of nitrogens with zero attached hydrogens (tertiary/aromatic N) is 1. The van der Waals surface area contributed by atoms with Gasteiger partial charge in [0.1, 0.15) is 5.54 Å². The Balaban J connectivity index is 2.34. The highest BCUT2D eigenvalue weighted by Gasteiger charge is 2.36. The van der Waals surface area contributed by atoms with E-state index in [1.54, 1.807) is 0 Å². The van der Waals surface area contributed by atoms with Crippen LogP contribution in [0.3, 0.4) is 0 Å². The van der Waals surface area contributed by atoms with Gasteiger partial charge in [0.25, 0.3) is 0 Å². The summed E-state index contributed by atoms with van der Waals surface area (Å²) in [5.74, 6) is 0.749. The van der Waals surface area contributed by atoms with E-state index in [2.05, 4.69) is 32.2 Å². The Labute approximate surface area is 118 Å². The van der Waals surface area contributed by atoms with Gasteiger partial charge in [-0.05, 0) is 51.0 Å². The van der Waals surface area contributed by atoms with Gasteiger partial charge < -0.3 is 4.74 Å². The van der Waals surface area contributed by atoms with Crippen molar-refractivity contribution in [2.75, 3.05) is 13.2 Å². The van der Waals surface area contributed by atoms with Gasteiger partial charge in [-0.25, -0.2) is 0 Å². The molecule has 0 saturated heterocycles. The second kappa shape index (κ2) is 8.55. The second-order valence-electron chi connectivity index (χ2n) is 6.25. The lowest BCUT2D eigenvalue weighted by atomic mass is 9.81. The van der Waals surface area contributed by atoms with E-state index in [1.807, 2.05) is 0 Å². The molecular weight excluding hydrogens is 236 g/mol. The van der Waals surface area contributed by atoms with E-state index < -0.39 is 0 Å². The second-order valence-corrected chi connectivity index (χ2v) is 6.25. The number of hydrogen-bond acceptors (Lipinski definition) is 3. The summed E-state index contributed by atoms with van der Waals surface area (Å²) in [4.78, 5) is 0. The van der Waals surface area contributed by atoms with Crippen LogP contribution in [0, 0.1) is 17.2 Å². The van der Waals surface area contributed by atoms with Crippen molar-refractivity contribution >= 4 is 0 Å². The summed E-state index contributed by atoms with van der Waals surface area (Å²) in [5, 5.41) is 12.9. The van der Waals surface area contributed by atoms with Crippen LogP contribution in [0.25, 0.3) is 0 Å². The van der Waals surface area contributed by atoms with Crippen LogP contribution in [0.2, 0.25) is 0 Å². The summed E-state index contributed by atoms with van der Waals surface area (Å²) in [6, 6.07) is 2.50. The van der Waals surface area contributed by atoms with Crippen LogP contribution in [0.1, 0.15) is 65.7 Å². The highest BCUT2D eigenvalue weighted by atomic mass is 16.5. The van der Waals surface area contributed by atoms with Crippen molar-refractivity contribution in [1.82, 2.24) is 5.32 Å². The first-order chi connectivity index (χ1) is 9.12. The molecule has 0 aromatic rings. The van der Waals surface area contributed by atoms with Crippen LogP contribution < -0.4 is 5.32 Å². The van der Waals surface area contributed by atoms with Crippen LogP contribution in [-0.4, -0.2) is 24.8 Å². The third-order valence-electron chi connectivity index (χ3n) is 3.91. The lowest BCUT2D eigenvalue weighted by Crippen LogP contribution is -2.49. The molecule has 19 heavy (non-hydrogen) atoms. The molecule has 0 aromatic carbocycles. The van der Waals surface area contributed by atoms with E-state index in [0.29, 0.717) is 0 Å². The fourth-order valence-corrected chi connectivity index (χ4v) is 2.77. The molecule has 0 aliphatic heterocycles. The zero-order valence-electron chi connectivity index (χ0n) is 12.9. The van der Waals surface area contributed by atoms with Gasteiger partial charge in [0, 0.05) is 13.0 Å². The maximum Gasteiger partial charge on any atom is 0.109 e. The van der Waals surface area contributed by atoms with Gasteiger partial charge in [-0.3, -0.25) is 5.32 Å². The number of ether oxygens (including phenoxy) is 1. The quantitative estimate of drug-likeness (QED) is 0.682. The van der Waals surface area contributed by atoms with Crippen molar-refractivity contribution in [2.24, 2.45) is 5.92 Å². The molecule has 1 aliphatic rings. The molecule has 0 heterocycles. The Morgan fingerprint density at radius 1 is 1.47 bits per heavy atom. The lowest BCUT2D eigenvalue weighted by Gasteiger charge is -2.36. The first-order valence-electron chi connectivity index (χ1n) is 7.90. The van der Waals surface area contributed by atoms with E-state index in [1.165, 1.54) is 6.42 Å². The van der Waals surface area contributed by atoms with Gasteiger partial charge in [-0.1, -0.05) is 20.8 Å². The molecule has 0 spiro atoms. The molecule has 0 radical (unpaired) electrons. The smallest absolute Gasteiger partial charge is 0.109 e. The van der Waals surface area contributed by atoms with Crippen molar-refractivity contribution in [3.05, 3.63) is 0 Å². The Kier molecular flexibility index (Phi) is 7.41. The van der Waals surface area contributed by atoms with Gasteiger partial charge in [-0.2, -0.15) is 5.26 Å². The van der Waals surface area contributed by atoms with Crippen molar-refractivity contribution in [1.29, 1.82) is 5.26 Å². The fourth-order valence-electron chi connectivity index (χ4n) is 2.77. The summed E-state index contributed by atoms with van der Waals surface area (Å²) < 4.78 is 5.98. The highest BCUT2D eigenvalue weighted by Crippen LogP contribution is 2.30. The molecule has 0 aromatic heterocycles. The van der Waals surface area contributed by atoms with Gasteiger partial charge in [0.2, 0.25) is 0 Å². The third-order valence-corrected chi connectivity index (χ3v) is 3.91. The molecule has 110 valence electrons. The molecule has 1 fully saturated rings. The Bertz CT molecular complexity index is 285. The van der Waals surface area contributed by atoms with Crippen molar-refractivity contribution in [2.45, 2.75) is 77.4 Å². The van der Waals surface area contributed by atoms with Crippen molar-refractivity contribution in [3.63, 3.8) is 0 Å². The Hall–Kier alpha value is -0.590. The number of hydrogen-bond donors (Lipinski definition) is 1. The number of nitrogens with one attached hydrogen (secondary N) is 1. The molecule has 2 unspecified atom stereocenters. The molecule has 0 amide bonds. The normalized spacial score (nSPS) is 27.4. The lowest BCUT2D eigenvalue weighted by molar-refractivity contribution is 0.00664. The zero-order chi connectivity index (χ0) is 14.1. The van der Waals surface area contributed by atoms with Crippen LogP contribution in [0.5, 0.6) is 0 Å². The summed E-state index contributed by atoms with van der Waals surface area (Å²) >= 11 is 0. The Morgan fingerprint density at radius 3 is 2.89 bits per heavy atom. The molecule has 1 rings (SSSR count). The zero-order valence-corrected chi connectivity index (χ0v) is 12.9. The predicted molar refractivity (Wildman–Crippen MR) is 78.9 cm³/mol. The molecule has 1 saturated carbocycles. The largest absolute Gasteiger partial charge is 0.378 e. The first-order valence-corrected chi connectivity index (χ1v) is 7.90. The van der Waals surface area contributed by atoms with Gasteiger partial charge in [0.05, 0.1) is 12.2 Å². The van der Waals surface area contributed by atoms with Crippen LogP contribution in [0.4, 0.5) is 0 Å². The average Bonchev–Trinajstić information content (AvgIpc) is 2.41. The molecule has 2 atom stereocenters. The van der Waals surface area contributed by atoms with Gasteiger partial charge >= 0.3 is 0 Å². The molecule has 3 nitrogen and oxygen atoms in total. The molecule has 0 bridgehead atoms.